The van der Waals surface area contributed by atoms with Crippen LogP contribution in [0.2, 0.25) is 5.02 Å². The van der Waals surface area contributed by atoms with Crippen molar-refractivity contribution in [3.63, 3.8) is 0 Å². The van der Waals surface area contributed by atoms with Crippen LogP contribution in [-0.4, -0.2) is 48.6 Å². The van der Waals surface area contributed by atoms with Crippen molar-refractivity contribution in [2.45, 2.75) is 39.2 Å². The number of methoxy groups -OCH3 is 1. The number of rotatable bonds is 7. The quantitative estimate of drug-likeness (QED) is 0.345. The highest BCUT2D eigenvalue weighted by Gasteiger charge is 2.46. The number of ketones is 1. The molecule has 1 amide bonds. The summed E-state index contributed by atoms with van der Waals surface area (Å²) >= 11 is 6.36. The first kappa shape index (κ1) is 24.8. The molecule has 1 N–H and O–H groups in total. The second-order valence-corrected chi connectivity index (χ2v) is 9.34. The standard InChI is InChI=1S/C26H30ClNO5/c1-6-33-18-11-12-20(27)19(15-18)23(29)21-22(28(13-14-32-5)25(31)24(21)30)16-7-9-17(10-8-16)26(2,3)4/h7-12,15,22,29H,6,13-14H2,1-5H3/b23-21+. The number of nitrogens with zero attached hydrogens (tertiary/aromatic N) is 1. The first-order valence-corrected chi connectivity index (χ1v) is 11.3. The third-order valence-electron chi connectivity index (χ3n) is 5.67. The summed E-state index contributed by atoms with van der Waals surface area (Å²) < 4.78 is 10.7. The minimum Gasteiger partial charge on any atom is -0.507 e. The van der Waals surface area contributed by atoms with Gasteiger partial charge in [0.25, 0.3) is 11.7 Å². The van der Waals surface area contributed by atoms with Crippen molar-refractivity contribution in [1.82, 2.24) is 4.90 Å². The lowest BCUT2D eigenvalue weighted by molar-refractivity contribution is -0.140. The average molecular weight is 472 g/mol. The van der Waals surface area contributed by atoms with Gasteiger partial charge in [-0.05, 0) is 41.7 Å². The van der Waals surface area contributed by atoms with E-state index in [-0.39, 0.29) is 40.5 Å². The maximum Gasteiger partial charge on any atom is 0.295 e. The number of aliphatic hydroxyl groups excluding tert-OH is 1. The number of hydrogen-bond donors (Lipinski definition) is 1. The zero-order chi connectivity index (χ0) is 24.3. The molecule has 0 saturated carbocycles. The summed E-state index contributed by atoms with van der Waals surface area (Å²) in [6, 6.07) is 11.8. The first-order valence-electron chi connectivity index (χ1n) is 10.9. The van der Waals surface area contributed by atoms with Crippen LogP contribution in [-0.2, 0) is 19.7 Å². The smallest absolute Gasteiger partial charge is 0.295 e. The highest BCUT2D eigenvalue weighted by Crippen LogP contribution is 2.41. The predicted octanol–water partition coefficient (Wildman–Crippen LogP) is 5.10. The molecular weight excluding hydrogens is 442 g/mol. The Kier molecular flexibility index (Phi) is 7.50. The van der Waals surface area contributed by atoms with Gasteiger partial charge in [0.15, 0.2) is 0 Å². The van der Waals surface area contributed by atoms with Gasteiger partial charge in [-0.3, -0.25) is 9.59 Å². The molecule has 2 aromatic rings. The Balaban J connectivity index is 2.18. The van der Waals surface area contributed by atoms with Gasteiger partial charge in [-0.2, -0.15) is 0 Å². The lowest BCUT2D eigenvalue weighted by Gasteiger charge is -2.26. The van der Waals surface area contributed by atoms with E-state index in [9.17, 15) is 14.7 Å². The molecule has 1 unspecified atom stereocenters. The molecule has 2 aromatic carbocycles. The van der Waals surface area contributed by atoms with E-state index in [1.54, 1.807) is 18.2 Å². The molecule has 3 rings (SSSR count). The van der Waals surface area contributed by atoms with Crippen LogP contribution in [0.5, 0.6) is 5.75 Å². The van der Waals surface area contributed by atoms with Gasteiger partial charge in [-0.25, -0.2) is 0 Å². The monoisotopic (exact) mass is 471 g/mol. The Morgan fingerprint density at radius 2 is 1.79 bits per heavy atom. The molecule has 1 aliphatic rings. The molecule has 0 aromatic heterocycles. The normalized spacial score (nSPS) is 18.1. The van der Waals surface area contributed by atoms with Crippen molar-refractivity contribution in [2.75, 3.05) is 26.9 Å². The number of ether oxygens (including phenoxy) is 2. The molecule has 6 nitrogen and oxygen atoms in total. The van der Waals surface area contributed by atoms with Crippen LogP contribution in [0.3, 0.4) is 0 Å². The highest BCUT2D eigenvalue weighted by atomic mass is 35.5. The van der Waals surface area contributed by atoms with Gasteiger partial charge < -0.3 is 19.5 Å². The Bertz CT molecular complexity index is 1070. The number of halogens is 1. The zero-order valence-corrected chi connectivity index (χ0v) is 20.4. The topological polar surface area (TPSA) is 76.1 Å². The maximum atomic E-state index is 13.1. The molecular formula is C26H30ClNO5. The van der Waals surface area contributed by atoms with Crippen LogP contribution in [0.25, 0.3) is 5.76 Å². The van der Waals surface area contributed by atoms with E-state index in [0.717, 1.165) is 11.1 Å². The minimum absolute atomic E-state index is 0.00448. The summed E-state index contributed by atoms with van der Waals surface area (Å²) in [5.74, 6) is -1.27. The van der Waals surface area contributed by atoms with Crippen LogP contribution in [0.1, 0.15) is 50.4 Å². The van der Waals surface area contributed by atoms with Crippen molar-refractivity contribution < 1.29 is 24.2 Å². The van der Waals surface area contributed by atoms with Crippen molar-refractivity contribution >= 4 is 29.1 Å². The second kappa shape index (κ2) is 9.98. The number of benzene rings is 2. The summed E-state index contributed by atoms with van der Waals surface area (Å²) in [5.41, 5.74) is 2.02. The fourth-order valence-corrected chi connectivity index (χ4v) is 4.11. The van der Waals surface area contributed by atoms with Gasteiger partial charge in [0, 0.05) is 19.2 Å². The molecule has 1 saturated heterocycles. The van der Waals surface area contributed by atoms with Crippen LogP contribution < -0.4 is 4.74 Å². The van der Waals surface area contributed by atoms with E-state index < -0.39 is 17.7 Å². The summed E-state index contributed by atoms with van der Waals surface area (Å²) in [6.45, 7) is 9.07. The molecule has 33 heavy (non-hydrogen) atoms. The molecule has 0 bridgehead atoms. The average Bonchev–Trinajstić information content (AvgIpc) is 3.03. The molecule has 0 aliphatic carbocycles. The molecule has 0 radical (unpaired) electrons. The maximum absolute atomic E-state index is 13.1. The van der Waals surface area contributed by atoms with Gasteiger partial charge in [-0.1, -0.05) is 56.6 Å². The van der Waals surface area contributed by atoms with E-state index in [2.05, 4.69) is 20.8 Å². The van der Waals surface area contributed by atoms with Crippen molar-refractivity contribution in [2.24, 2.45) is 0 Å². The number of aliphatic hydroxyl groups is 1. The summed E-state index contributed by atoms with van der Waals surface area (Å²) in [6.07, 6.45) is 0. The Hall–Kier alpha value is -2.83. The second-order valence-electron chi connectivity index (χ2n) is 8.93. The van der Waals surface area contributed by atoms with Crippen molar-refractivity contribution in [1.29, 1.82) is 0 Å². The minimum atomic E-state index is -0.763. The molecule has 1 atom stereocenters. The summed E-state index contributed by atoms with van der Waals surface area (Å²) in [7, 11) is 1.53. The third kappa shape index (κ3) is 5.07. The number of carbonyl (C=O) groups is 2. The lowest BCUT2D eigenvalue weighted by Crippen LogP contribution is -2.32. The number of carbonyl (C=O) groups excluding carboxylic acids is 2. The summed E-state index contributed by atoms with van der Waals surface area (Å²) in [5, 5.41) is 11.5. The highest BCUT2D eigenvalue weighted by molar-refractivity contribution is 6.47. The van der Waals surface area contributed by atoms with E-state index in [1.165, 1.54) is 12.0 Å². The van der Waals surface area contributed by atoms with Crippen LogP contribution >= 0.6 is 11.6 Å². The van der Waals surface area contributed by atoms with Gasteiger partial charge in [0.05, 0.1) is 29.9 Å². The Morgan fingerprint density at radius 1 is 1.12 bits per heavy atom. The van der Waals surface area contributed by atoms with Crippen molar-refractivity contribution in [3.8, 4) is 5.75 Å². The van der Waals surface area contributed by atoms with Gasteiger partial charge in [0.1, 0.15) is 11.5 Å². The van der Waals surface area contributed by atoms with Gasteiger partial charge in [-0.15, -0.1) is 0 Å². The van der Waals surface area contributed by atoms with Gasteiger partial charge >= 0.3 is 0 Å². The third-order valence-corrected chi connectivity index (χ3v) is 6.00. The Labute approximate surface area is 199 Å². The molecule has 1 fully saturated rings. The lowest BCUT2D eigenvalue weighted by atomic mass is 9.85. The van der Waals surface area contributed by atoms with E-state index in [1.807, 2.05) is 31.2 Å². The fourth-order valence-electron chi connectivity index (χ4n) is 3.90. The molecule has 1 heterocycles. The number of likely N-dealkylation sites (tertiary alicyclic amines) is 1. The molecule has 7 heteroatoms. The van der Waals surface area contributed by atoms with Gasteiger partial charge in [0.2, 0.25) is 0 Å². The number of Topliss-reactive ketones (excluding diaryl/α,β-unsaturated/α-hetero) is 1. The van der Waals surface area contributed by atoms with E-state index in [0.29, 0.717) is 12.4 Å². The largest absolute Gasteiger partial charge is 0.507 e. The predicted molar refractivity (Wildman–Crippen MR) is 129 cm³/mol. The number of amides is 1. The molecule has 0 spiro atoms. The number of hydrogen-bond acceptors (Lipinski definition) is 5. The van der Waals surface area contributed by atoms with Crippen LogP contribution in [0.4, 0.5) is 0 Å². The SMILES string of the molecule is CCOc1ccc(Cl)c(/C(O)=C2\C(=O)C(=O)N(CCOC)C2c2ccc(C(C)(C)C)cc2)c1. The fraction of sp³-hybridized carbons (Fsp3) is 0.385. The van der Waals surface area contributed by atoms with Crippen molar-refractivity contribution in [3.05, 3.63) is 69.8 Å². The first-order chi connectivity index (χ1) is 15.6. The van der Waals surface area contributed by atoms with Crippen LogP contribution in [0.15, 0.2) is 48.0 Å². The zero-order valence-electron chi connectivity index (χ0n) is 19.6. The van der Waals surface area contributed by atoms with Crippen LogP contribution in [0, 0.1) is 0 Å². The summed E-state index contributed by atoms with van der Waals surface area (Å²) in [4.78, 5) is 27.5. The van der Waals surface area contributed by atoms with E-state index in [4.69, 9.17) is 21.1 Å². The Morgan fingerprint density at radius 3 is 2.36 bits per heavy atom. The van der Waals surface area contributed by atoms with E-state index >= 15 is 0 Å². The molecule has 176 valence electrons. The molecule has 1 aliphatic heterocycles.